The largest absolute Gasteiger partial charge is 0.457 e. The lowest BCUT2D eigenvalue weighted by Crippen LogP contribution is -2.53. The van der Waals surface area contributed by atoms with Crippen LogP contribution >= 0.6 is 0 Å². The Labute approximate surface area is 197 Å². The number of carbonyl (C=O) groups excluding carboxylic acids is 2. The molecule has 6 rings (SSSR count). The van der Waals surface area contributed by atoms with Gasteiger partial charge in [0.05, 0.1) is 17.7 Å². The van der Waals surface area contributed by atoms with Gasteiger partial charge in [-0.3, -0.25) is 9.69 Å². The summed E-state index contributed by atoms with van der Waals surface area (Å²) in [5.41, 5.74) is 6.25. The number of aryl methyl sites for hydroxylation is 1. The number of benzene rings is 2. The summed E-state index contributed by atoms with van der Waals surface area (Å²) in [4.78, 5) is 29.3. The molecule has 9 heteroatoms. The second-order valence-electron chi connectivity index (χ2n) is 9.27. The average molecular weight is 459 g/mol. The fourth-order valence-electron chi connectivity index (χ4n) is 5.35. The third-order valence-electron chi connectivity index (χ3n) is 7.30. The molecule has 9 nitrogen and oxygen atoms in total. The number of rotatable bonds is 4. The monoisotopic (exact) mass is 458 g/mol. The Morgan fingerprint density at radius 2 is 1.85 bits per heavy atom. The van der Waals surface area contributed by atoms with Gasteiger partial charge in [-0.2, -0.15) is 0 Å². The van der Waals surface area contributed by atoms with Gasteiger partial charge in [0.25, 0.3) is 0 Å². The number of tetrazole rings is 1. The molecule has 1 fully saturated rings. The van der Waals surface area contributed by atoms with E-state index in [0.29, 0.717) is 19.1 Å². The van der Waals surface area contributed by atoms with Crippen molar-refractivity contribution in [1.82, 2.24) is 30.0 Å². The van der Waals surface area contributed by atoms with Gasteiger partial charge in [-0.1, -0.05) is 18.2 Å². The van der Waals surface area contributed by atoms with Crippen molar-refractivity contribution in [3.63, 3.8) is 0 Å². The number of hydrogen-bond acceptors (Lipinski definition) is 7. The van der Waals surface area contributed by atoms with Crippen molar-refractivity contribution in [2.24, 2.45) is 0 Å². The lowest BCUT2D eigenvalue weighted by molar-refractivity contribution is -0.132. The zero-order chi connectivity index (χ0) is 23.1. The topological polar surface area (TPSA) is 93.5 Å². The van der Waals surface area contributed by atoms with E-state index in [9.17, 15) is 9.59 Å². The van der Waals surface area contributed by atoms with Crippen LogP contribution in [0.1, 0.15) is 39.0 Å². The zero-order valence-corrected chi connectivity index (χ0v) is 18.9. The van der Waals surface area contributed by atoms with Gasteiger partial charge in [0.15, 0.2) is 0 Å². The molecular weight excluding hydrogens is 432 g/mol. The average Bonchev–Trinajstić information content (AvgIpc) is 3.53. The molecule has 3 aromatic rings. The smallest absolute Gasteiger partial charge is 0.338 e. The van der Waals surface area contributed by atoms with E-state index in [1.807, 2.05) is 35.2 Å². The molecule has 1 unspecified atom stereocenters. The number of hydrogen-bond donors (Lipinski definition) is 0. The van der Waals surface area contributed by atoms with Crippen LogP contribution in [0, 0.1) is 0 Å². The highest BCUT2D eigenvalue weighted by atomic mass is 16.5. The Kier molecular flexibility index (Phi) is 5.33. The molecule has 0 N–H and O–H groups in total. The van der Waals surface area contributed by atoms with Gasteiger partial charge in [0.1, 0.15) is 12.9 Å². The van der Waals surface area contributed by atoms with Crippen LogP contribution in [-0.2, 0) is 35.4 Å². The number of aromatic nitrogens is 4. The van der Waals surface area contributed by atoms with Gasteiger partial charge in [0, 0.05) is 37.8 Å². The minimum Gasteiger partial charge on any atom is -0.457 e. The van der Waals surface area contributed by atoms with Crippen molar-refractivity contribution in [3.05, 3.63) is 70.5 Å². The molecule has 3 heterocycles. The normalized spacial score (nSPS) is 20.1. The molecule has 0 bridgehead atoms. The maximum atomic E-state index is 12.9. The number of cyclic esters (lactones) is 1. The minimum absolute atomic E-state index is 0.170. The summed E-state index contributed by atoms with van der Waals surface area (Å²) in [5.74, 6) is -0.0202. The van der Waals surface area contributed by atoms with E-state index in [-0.39, 0.29) is 11.9 Å². The van der Waals surface area contributed by atoms with Crippen LogP contribution in [-0.4, -0.2) is 74.1 Å². The Morgan fingerprint density at radius 1 is 1.03 bits per heavy atom. The number of fused-ring (bicyclic) bond motifs is 2. The molecule has 1 amide bonds. The number of piperazine rings is 1. The van der Waals surface area contributed by atoms with E-state index in [1.54, 1.807) is 11.0 Å². The minimum atomic E-state index is -0.191. The molecule has 0 radical (unpaired) electrons. The highest BCUT2D eigenvalue weighted by Crippen LogP contribution is 2.31. The summed E-state index contributed by atoms with van der Waals surface area (Å²) in [6.45, 7) is 3.72. The molecule has 1 atom stereocenters. The van der Waals surface area contributed by atoms with Gasteiger partial charge >= 0.3 is 5.97 Å². The molecule has 2 aromatic carbocycles. The van der Waals surface area contributed by atoms with E-state index in [0.717, 1.165) is 67.8 Å². The number of esters is 1. The van der Waals surface area contributed by atoms with E-state index >= 15 is 0 Å². The molecule has 1 saturated heterocycles. The van der Waals surface area contributed by atoms with Crippen molar-refractivity contribution in [3.8, 4) is 5.69 Å². The first kappa shape index (κ1) is 21.0. The highest BCUT2D eigenvalue weighted by molar-refractivity contribution is 5.93. The summed E-state index contributed by atoms with van der Waals surface area (Å²) >= 11 is 0. The van der Waals surface area contributed by atoms with Gasteiger partial charge in [-0.25, -0.2) is 9.48 Å². The fourth-order valence-corrected chi connectivity index (χ4v) is 5.35. The van der Waals surface area contributed by atoms with Crippen LogP contribution in [0.4, 0.5) is 0 Å². The summed E-state index contributed by atoms with van der Waals surface area (Å²) in [7, 11) is 0. The van der Waals surface area contributed by atoms with Gasteiger partial charge < -0.3 is 9.64 Å². The first-order chi connectivity index (χ1) is 16.6. The summed E-state index contributed by atoms with van der Waals surface area (Å²) in [6, 6.07) is 12.5. The highest BCUT2D eigenvalue weighted by Gasteiger charge is 2.31. The third-order valence-corrected chi connectivity index (χ3v) is 7.30. The summed E-state index contributed by atoms with van der Waals surface area (Å²) < 4.78 is 6.78. The van der Waals surface area contributed by atoms with Crippen LogP contribution in [0.2, 0.25) is 0 Å². The van der Waals surface area contributed by atoms with Crippen LogP contribution in [0.25, 0.3) is 5.69 Å². The second kappa shape index (κ2) is 8.64. The predicted octanol–water partition coefficient (Wildman–Crippen LogP) is 1.58. The first-order valence-corrected chi connectivity index (χ1v) is 11.8. The van der Waals surface area contributed by atoms with Crippen LogP contribution in [0.5, 0.6) is 0 Å². The van der Waals surface area contributed by atoms with Crippen molar-refractivity contribution in [2.45, 2.75) is 38.3 Å². The maximum Gasteiger partial charge on any atom is 0.338 e. The standard InChI is InChI=1S/C25H26N6O3/c32-24(11-17-1-4-21(5-2-17)31-16-26-27-28-31)30-9-7-29(8-10-30)22-6-3-18-14-23-20(12-19(18)13-22)15-34-25(23)33/h1-2,4-5,12,14,16,22H,3,6-11,13,15H2. The van der Waals surface area contributed by atoms with Crippen molar-refractivity contribution >= 4 is 11.9 Å². The molecule has 174 valence electrons. The number of carbonyl (C=O) groups is 2. The van der Waals surface area contributed by atoms with Gasteiger partial charge in [-0.15, -0.1) is 5.10 Å². The molecule has 2 aliphatic heterocycles. The van der Waals surface area contributed by atoms with Gasteiger partial charge in [-0.05, 0) is 64.6 Å². The molecule has 1 aromatic heterocycles. The Morgan fingerprint density at radius 3 is 2.62 bits per heavy atom. The zero-order valence-electron chi connectivity index (χ0n) is 18.9. The molecular formula is C25H26N6O3. The van der Waals surface area contributed by atoms with E-state index in [2.05, 4.69) is 26.5 Å². The number of ether oxygens (including phenoxy) is 1. The second-order valence-corrected chi connectivity index (χ2v) is 9.27. The maximum absolute atomic E-state index is 12.9. The Balaban J connectivity index is 1.03. The third kappa shape index (κ3) is 3.96. The molecule has 1 aliphatic carbocycles. The Bertz CT molecular complexity index is 1220. The molecule has 34 heavy (non-hydrogen) atoms. The van der Waals surface area contributed by atoms with Gasteiger partial charge in [0.2, 0.25) is 5.91 Å². The van der Waals surface area contributed by atoms with E-state index in [4.69, 9.17) is 4.74 Å². The lowest BCUT2D eigenvalue weighted by atomic mass is 9.85. The molecule has 0 saturated carbocycles. The SMILES string of the molecule is O=C1OCc2cc3c(cc21)CCC(N1CCN(C(=O)Cc2ccc(-n4cnnn4)cc2)CC1)C3. The fraction of sp³-hybridized carbons (Fsp3) is 0.400. The van der Waals surface area contributed by atoms with Crippen molar-refractivity contribution in [2.75, 3.05) is 26.2 Å². The molecule has 0 spiro atoms. The summed E-state index contributed by atoms with van der Waals surface area (Å²) in [6.07, 6.45) is 5.02. The van der Waals surface area contributed by atoms with E-state index in [1.165, 1.54) is 11.1 Å². The van der Waals surface area contributed by atoms with Crippen molar-refractivity contribution < 1.29 is 14.3 Å². The van der Waals surface area contributed by atoms with E-state index < -0.39 is 0 Å². The Hall–Kier alpha value is -3.59. The number of nitrogens with zero attached hydrogens (tertiary/aromatic N) is 6. The van der Waals surface area contributed by atoms with Crippen LogP contribution in [0.3, 0.4) is 0 Å². The van der Waals surface area contributed by atoms with Crippen LogP contribution in [0.15, 0.2) is 42.7 Å². The molecule has 3 aliphatic rings. The number of amides is 1. The first-order valence-electron chi connectivity index (χ1n) is 11.8. The lowest BCUT2D eigenvalue weighted by Gasteiger charge is -2.41. The van der Waals surface area contributed by atoms with Crippen molar-refractivity contribution in [1.29, 1.82) is 0 Å². The predicted molar refractivity (Wildman–Crippen MR) is 122 cm³/mol. The summed E-state index contributed by atoms with van der Waals surface area (Å²) in [5, 5.41) is 11.2. The quantitative estimate of drug-likeness (QED) is 0.548. The van der Waals surface area contributed by atoms with Crippen LogP contribution < -0.4 is 0 Å².